The molecule has 0 bridgehead atoms. The second-order valence-electron chi connectivity index (χ2n) is 4.28. The predicted octanol–water partition coefficient (Wildman–Crippen LogP) is 2.36. The summed E-state index contributed by atoms with van der Waals surface area (Å²) >= 11 is 0. The zero-order chi connectivity index (χ0) is 12.4. The van der Waals surface area contributed by atoms with Gasteiger partial charge in [0.1, 0.15) is 0 Å². The molecule has 0 fully saturated rings. The standard InChI is InChI=1S/C14H14N4/c1-10-3-2-4-11(7-10)14-12(8-17-18-14)13-5-6-15-9-16-13/h2-5,7-9H,6H2,1H3,(H,15,16)(H,17,18). The fraction of sp³-hybridized carbons (Fsp3) is 0.143. The molecular weight excluding hydrogens is 224 g/mol. The molecule has 0 spiro atoms. The van der Waals surface area contributed by atoms with Crippen molar-refractivity contribution in [1.82, 2.24) is 15.5 Å². The van der Waals surface area contributed by atoms with Crippen LogP contribution in [0.15, 0.2) is 41.5 Å². The Hall–Kier alpha value is -2.36. The fourth-order valence-corrected chi connectivity index (χ4v) is 2.07. The first-order valence-electron chi connectivity index (χ1n) is 5.90. The number of nitrogens with zero attached hydrogens (tertiary/aromatic N) is 2. The molecule has 4 nitrogen and oxygen atoms in total. The van der Waals surface area contributed by atoms with Crippen LogP contribution in [0.4, 0.5) is 0 Å². The van der Waals surface area contributed by atoms with E-state index in [2.05, 4.69) is 57.8 Å². The van der Waals surface area contributed by atoms with Crippen LogP contribution in [0.25, 0.3) is 17.0 Å². The number of nitrogens with one attached hydrogen (secondary N) is 2. The summed E-state index contributed by atoms with van der Waals surface area (Å²) in [6.07, 6.45) is 5.63. The van der Waals surface area contributed by atoms with Crippen molar-refractivity contribution in [2.45, 2.75) is 6.92 Å². The highest BCUT2D eigenvalue weighted by atomic mass is 15.1. The average Bonchev–Trinajstić information content (AvgIpc) is 2.89. The molecule has 0 aliphatic carbocycles. The van der Waals surface area contributed by atoms with E-state index < -0.39 is 0 Å². The first-order chi connectivity index (χ1) is 8.84. The smallest absolute Gasteiger partial charge is 0.0871 e. The summed E-state index contributed by atoms with van der Waals surface area (Å²) in [6, 6.07) is 8.37. The summed E-state index contributed by atoms with van der Waals surface area (Å²) in [5, 5.41) is 10.4. The molecule has 0 saturated carbocycles. The van der Waals surface area contributed by atoms with Crippen molar-refractivity contribution in [2.75, 3.05) is 6.54 Å². The van der Waals surface area contributed by atoms with E-state index in [-0.39, 0.29) is 0 Å². The third-order valence-corrected chi connectivity index (χ3v) is 2.95. The van der Waals surface area contributed by atoms with Crippen molar-refractivity contribution >= 4 is 12.0 Å². The third-order valence-electron chi connectivity index (χ3n) is 2.95. The van der Waals surface area contributed by atoms with Crippen LogP contribution in [0.3, 0.4) is 0 Å². The van der Waals surface area contributed by atoms with E-state index in [1.165, 1.54) is 5.56 Å². The van der Waals surface area contributed by atoms with Crippen molar-refractivity contribution in [3.05, 3.63) is 47.7 Å². The Kier molecular flexibility index (Phi) is 2.68. The Morgan fingerprint density at radius 3 is 3.00 bits per heavy atom. The van der Waals surface area contributed by atoms with Gasteiger partial charge in [0, 0.05) is 16.8 Å². The molecule has 18 heavy (non-hydrogen) atoms. The maximum Gasteiger partial charge on any atom is 0.0871 e. The van der Waals surface area contributed by atoms with Gasteiger partial charge >= 0.3 is 0 Å². The van der Waals surface area contributed by atoms with Gasteiger partial charge in [-0.05, 0) is 19.1 Å². The summed E-state index contributed by atoms with van der Waals surface area (Å²) in [5.74, 6) is 0. The lowest BCUT2D eigenvalue weighted by atomic mass is 10.0. The van der Waals surface area contributed by atoms with Crippen LogP contribution >= 0.6 is 0 Å². The molecule has 0 radical (unpaired) electrons. The highest BCUT2D eigenvalue weighted by Gasteiger charge is 2.12. The van der Waals surface area contributed by atoms with Crippen molar-refractivity contribution in [3.8, 4) is 11.3 Å². The van der Waals surface area contributed by atoms with Crippen molar-refractivity contribution < 1.29 is 0 Å². The molecule has 0 unspecified atom stereocenters. The molecule has 4 heteroatoms. The Morgan fingerprint density at radius 1 is 1.28 bits per heavy atom. The van der Waals surface area contributed by atoms with Gasteiger partial charge < -0.3 is 5.32 Å². The Bertz CT molecular complexity index is 622. The molecular formula is C14H14N4. The highest BCUT2D eigenvalue weighted by Crippen LogP contribution is 2.26. The van der Waals surface area contributed by atoms with E-state index in [9.17, 15) is 0 Å². The van der Waals surface area contributed by atoms with E-state index in [4.69, 9.17) is 0 Å². The van der Waals surface area contributed by atoms with Crippen LogP contribution in [0.2, 0.25) is 0 Å². The van der Waals surface area contributed by atoms with Gasteiger partial charge in [-0.15, -0.1) is 0 Å². The van der Waals surface area contributed by atoms with E-state index >= 15 is 0 Å². The van der Waals surface area contributed by atoms with Crippen LogP contribution in [0.5, 0.6) is 0 Å². The lowest BCUT2D eigenvalue weighted by Gasteiger charge is -2.11. The predicted molar refractivity (Wildman–Crippen MR) is 73.2 cm³/mol. The van der Waals surface area contributed by atoms with Gasteiger partial charge in [0.2, 0.25) is 0 Å². The van der Waals surface area contributed by atoms with E-state index in [0.29, 0.717) is 6.54 Å². The summed E-state index contributed by atoms with van der Waals surface area (Å²) in [4.78, 5) is 4.11. The summed E-state index contributed by atoms with van der Waals surface area (Å²) in [6.45, 7) is 2.80. The molecule has 2 aromatic rings. The Morgan fingerprint density at radius 2 is 2.22 bits per heavy atom. The molecule has 0 amide bonds. The normalized spacial score (nSPS) is 14.2. The van der Waals surface area contributed by atoms with Crippen LogP contribution < -0.4 is 5.32 Å². The van der Waals surface area contributed by atoms with Crippen LogP contribution in [0, 0.1) is 6.92 Å². The number of aromatic nitrogens is 2. The average molecular weight is 238 g/mol. The molecule has 2 heterocycles. The van der Waals surface area contributed by atoms with E-state index in [0.717, 1.165) is 22.5 Å². The molecule has 1 aromatic heterocycles. The van der Waals surface area contributed by atoms with Gasteiger partial charge in [-0.3, -0.25) is 10.1 Å². The number of aryl methyl sites for hydroxylation is 1. The molecule has 90 valence electrons. The molecule has 1 aromatic carbocycles. The first kappa shape index (κ1) is 10.8. The van der Waals surface area contributed by atoms with Gasteiger partial charge in [0.05, 0.1) is 24.8 Å². The van der Waals surface area contributed by atoms with Gasteiger partial charge in [-0.25, -0.2) is 0 Å². The van der Waals surface area contributed by atoms with Crippen LogP contribution in [-0.4, -0.2) is 23.1 Å². The molecule has 0 saturated heterocycles. The number of aliphatic imine (C=N–C) groups is 1. The van der Waals surface area contributed by atoms with Gasteiger partial charge in [0.15, 0.2) is 0 Å². The number of H-pyrrole nitrogens is 1. The monoisotopic (exact) mass is 238 g/mol. The summed E-state index contributed by atoms with van der Waals surface area (Å²) in [5.41, 5.74) is 5.54. The lowest BCUT2D eigenvalue weighted by Crippen LogP contribution is -2.13. The zero-order valence-corrected chi connectivity index (χ0v) is 10.1. The quantitative estimate of drug-likeness (QED) is 0.843. The number of hydrogen-bond donors (Lipinski definition) is 2. The topological polar surface area (TPSA) is 53.1 Å². The highest BCUT2D eigenvalue weighted by molar-refractivity contribution is 5.84. The van der Waals surface area contributed by atoms with Crippen molar-refractivity contribution in [2.24, 2.45) is 4.99 Å². The lowest BCUT2D eigenvalue weighted by molar-refractivity contribution is 1.09. The number of aromatic amines is 1. The SMILES string of the molecule is Cc1cccc(-c2[nH]ncc2C2=CCN=CN2)c1. The van der Waals surface area contributed by atoms with E-state index in [1.807, 2.05) is 6.20 Å². The first-order valence-corrected chi connectivity index (χ1v) is 5.90. The van der Waals surface area contributed by atoms with Crippen molar-refractivity contribution in [1.29, 1.82) is 0 Å². The fourth-order valence-electron chi connectivity index (χ4n) is 2.07. The number of hydrogen-bond acceptors (Lipinski definition) is 3. The minimum atomic E-state index is 0.709. The molecule has 1 aliphatic rings. The second-order valence-corrected chi connectivity index (χ2v) is 4.28. The minimum Gasteiger partial charge on any atom is -0.346 e. The Labute approximate surface area is 105 Å². The van der Waals surface area contributed by atoms with Crippen molar-refractivity contribution in [3.63, 3.8) is 0 Å². The van der Waals surface area contributed by atoms with Crippen LogP contribution in [0.1, 0.15) is 11.1 Å². The molecule has 1 aliphatic heterocycles. The zero-order valence-electron chi connectivity index (χ0n) is 10.1. The molecule has 2 N–H and O–H groups in total. The van der Waals surface area contributed by atoms with Gasteiger partial charge in [0.25, 0.3) is 0 Å². The largest absolute Gasteiger partial charge is 0.346 e. The minimum absolute atomic E-state index is 0.709. The maximum atomic E-state index is 4.15. The Balaban J connectivity index is 2.04. The number of rotatable bonds is 2. The third kappa shape index (κ3) is 1.93. The molecule has 3 rings (SSSR count). The van der Waals surface area contributed by atoms with Crippen LogP contribution in [-0.2, 0) is 0 Å². The van der Waals surface area contributed by atoms with Gasteiger partial charge in [-0.1, -0.05) is 23.8 Å². The summed E-state index contributed by atoms with van der Waals surface area (Å²) < 4.78 is 0. The number of benzene rings is 1. The second kappa shape index (κ2) is 4.49. The maximum absolute atomic E-state index is 4.15. The summed E-state index contributed by atoms with van der Waals surface area (Å²) in [7, 11) is 0. The van der Waals surface area contributed by atoms with Gasteiger partial charge in [-0.2, -0.15) is 5.10 Å². The van der Waals surface area contributed by atoms with E-state index in [1.54, 1.807) is 6.34 Å². The molecule has 0 atom stereocenters.